The average Bonchev–Trinajstić information content (AvgIpc) is 3.31. The molecule has 154 valence electrons. The lowest BCUT2D eigenvalue weighted by atomic mass is 9.73. The van der Waals surface area contributed by atoms with Crippen molar-refractivity contribution in [1.29, 1.82) is 0 Å². The molecule has 0 aromatic rings. The highest BCUT2D eigenvalue weighted by atomic mass is 16.5. The van der Waals surface area contributed by atoms with Crippen LogP contribution in [0.1, 0.15) is 58.3 Å². The summed E-state index contributed by atoms with van der Waals surface area (Å²) >= 11 is 0. The Bertz CT molecular complexity index is 500. The lowest BCUT2D eigenvalue weighted by molar-refractivity contribution is 0.00937. The van der Waals surface area contributed by atoms with Crippen LogP contribution in [-0.4, -0.2) is 75.0 Å². The maximum Gasteiger partial charge on any atom is 0.191 e. The molecule has 6 heteroatoms. The van der Waals surface area contributed by atoms with Gasteiger partial charge in [0.1, 0.15) is 0 Å². The van der Waals surface area contributed by atoms with Gasteiger partial charge < -0.3 is 20.1 Å². The summed E-state index contributed by atoms with van der Waals surface area (Å²) < 4.78 is 11.6. The van der Waals surface area contributed by atoms with Gasteiger partial charge in [-0.15, -0.1) is 0 Å². The Balaban J connectivity index is 1.39. The van der Waals surface area contributed by atoms with Crippen LogP contribution in [0.15, 0.2) is 4.99 Å². The molecule has 0 aromatic carbocycles. The van der Waals surface area contributed by atoms with Gasteiger partial charge in [0.25, 0.3) is 0 Å². The first kappa shape index (κ1) is 19.5. The summed E-state index contributed by atoms with van der Waals surface area (Å²) in [5.41, 5.74) is 0.336. The zero-order chi connectivity index (χ0) is 18.5. The topological polar surface area (TPSA) is 58.1 Å². The monoisotopic (exact) mass is 378 g/mol. The first-order chi connectivity index (χ1) is 13.3. The van der Waals surface area contributed by atoms with Crippen molar-refractivity contribution < 1.29 is 9.47 Å². The van der Waals surface area contributed by atoms with E-state index in [0.29, 0.717) is 23.7 Å². The van der Waals surface area contributed by atoms with Crippen molar-refractivity contribution in [2.45, 2.75) is 76.5 Å². The Kier molecular flexibility index (Phi) is 6.56. The van der Waals surface area contributed by atoms with E-state index in [0.717, 1.165) is 51.8 Å². The Labute approximate surface area is 164 Å². The molecule has 4 fully saturated rings. The molecule has 3 saturated heterocycles. The van der Waals surface area contributed by atoms with Crippen LogP contribution >= 0.6 is 0 Å². The van der Waals surface area contributed by atoms with Gasteiger partial charge in [-0.3, -0.25) is 9.89 Å². The molecule has 3 unspecified atom stereocenters. The van der Waals surface area contributed by atoms with Crippen molar-refractivity contribution in [3.05, 3.63) is 0 Å². The largest absolute Gasteiger partial charge is 0.379 e. The van der Waals surface area contributed by atoms with Crippen molar-refractivity contribution in [1.82, 2.24) is 15.5 Å². The number of nitrogens with one attached hydrogen (secondary N) is 2. The minimum atomic E-state index is 0.336. The van der Waals surface area contributed by atoms with Gasteiger partial charge in [0.2, 0.25) is 0 Å². The molecule has 0 spiro atoms. The molecule has 6 nitrogen and oxygen atoms in total. The summed E-state index contributed by atoms with van der Waals surface area (Å²) in [6.45, 7) is 9.08. The van der Waals surface area contributed by atoms with E-state index in [9.17, 15) is 0 Å². The first-order valence-electron chi connectivity index (χ1n) is 11.3. The molecule has 1 aliphatic carbocycles. The number of hydrogen-bond donors (Lipinski definition) is 2. The third kappa shape index (κ3) is 4.96. The number of rotatable bonds is 6. The minimum Gasteiger partial charge on any atom is -0.379 e. The van der Waals surface area contributed by atoms with E-state index in [1.54, 1.807) is 0 Å². The van der Waals surface area contributed by atoms with Crippen LogP contribution < -0.4 is 10.6 Å². The fraction of sp³-hybridized carbons (Fsp3) is 0.952. The summed E-state index contributed by atoms with van der Waals surface area (Å²) in [4.78, 5) is 7.71. The van der Waals surface area contributed by atoms with E-state index in [4.69, 9.17) is 14.5 Å². The number of ether oxygens (including phenoxy) is 2. The van der Waals surface area contributed by atoms with Gasteiger partial charge in [-0.1, -0.05) is 19.3 Å². The minimum absolute atomic E-state index is 0.336. The van der Waals surface area contributed by atoms with Crippen LogP contribution in [0.2, 0.25) is 0 Å². The van der Waals surface area contributed by atoms with Crippen LogP contribution in [-0.2, 0) is 9.47 Å². The highest BCUT2D eigenvalue weighted by Crippen LogP contribution is 2.38. The molecule has 1 saturated carbocycles. The second-order valence-electron chi connectivity index (χ2n) is 9.00. The Morgan fingerprint density at radius 2 is 1.96 bits per heavy atom. The molecular formula is C21H38N4O2. The van der Waals surface area contributed by atoms with Crippen LogP contribution in [0.4, 0.5) is 0 Å². The van der Waals surface area contributed by atoms with Crippen LogP contribution in [0.5, 0.6) is 0 Å². The van der Waals surface area contributed by atoms with Gasteiger partial charge in [-0.05, 0) is 39.0 Å². The summed E-state index contributed by atoms with van der Waals surface area (Å²) in [6, 6.07) is 0.433. The molecule has 2 bridgehead atoms. The zero-order valence-corrected chi connectivity index (χ0v) is 17.0. The molecule has 27 heavy (non-hydrogen) atoms. The Morgan fingerprint density at radius 1 is 1.15 bits per heavy atom. The number of hydrogen-bond acceptors (Lipinski definition) is 4. The standard InChI is InChI=1S/C21H38N4O2/c1-2-22-20(24-18-14-17-6-7-19(18)27-17)23-15-21(8-4-3-5-9-21)16-25-10-12-26-13-11-25/h17-19H,2-16H2,1H3,(H2,22,23,24). The predicted molar refractivity (Wildman–Crippen MR) is 108 cm³/mol. The second kappa shape index (κ2) is 9.10. The Hall–Kier alpha value is -0.850. The summed E-state index contributed by atoms with van der Waals surface area (Å²) in [7, 11) is 0. The molecule has 2 N–H and O–H groups in total. The quantitative estimate of drug-likeness (QED) is 0.548. The average molecular weight is 379 g/mol. The van der Waals surface area contributed by atoms with E-state index in [1.165, 1.54) is 51.5 Å². The lowest BCUT2D eigenvalue weighted by Gasteiger charge is -2.41. The number of guanidine groups is 1. The van der Waals surface area contributed by atoms with E-state index in [-0.39, 0.29) is 0 Å². The molecule has 3 atom stereocenters. The fourth-order valence-electron chi connectivity index (χ4n) is 5.43. The smallest absolute Gasteiger partial charge is 0.191 e. The zero-order valence-electron chi connectivity index (χ0n) is 17.0. The maximum atomic E-state index is 6.01. The number of morpholine rings is 1. The number of fused-ring (bicyclic) bond motifs is 2. The first-order valence-corrected chi connectivity index (χ1v) is 11.3. The normalized spacial score (nSPS) is 34.0. The molecule has 4 aliphatic rings. The number of nitrogens with zero attached hydrogens (tertiary/aromatic N) is 2. The van der Waals surface area contributed by atoms with Gasteiger partial charge in [0.15, 0.2) is 5.96 Å². The predicted octanol–water partition coefficient (Wildman–Crippen LogP) is 2.14. The molecule has 0 radical (unpaired) electrons. The van der Waals surface area contributed by atoms with Crippen molar-refractivity contribution in [3.63, 3.8) is 0 Å². The SMILES string of the molecule is CCNC(=NCC1(CN2CCOCC2)CCCCC1)NC1CC2CCC1O2. The van der Waals surface area contributed by atoms with Gasteiger partial charge in [-0.25, -0.2) is 0 Å². The van der Waals surface area contributed by atoms with Crippen LogP contribution in [0, 0.1) is 5.41 Å². The third-order valence-corrected chi connectivity index (χ3v) is 6.92. The molecular weight excluding hydrogens is 340 g/mol. The van der Waals surface area contributed by atoms with E-state index in [2.05, 4.69) is 22.5 Å². The summed E-state index contributed by atoms with van der Waals surface area (Å²) in [6.07, 6.45) is 11.1. The van der Waals surface area contributed by atoms with Crippen molar-refractivity contribution in [3.8, 4) is 0 Å². The van der Waals surface area contributed by atoms with E-state index < -0.39 is 0 Å². The summed E-state index contributed by atoms with van der Waals surface area (Å²) in [5.74, 6) is 0.991. The van der Waals surface area contributed by atoms with Crippen LogP contribution in [0.3, 0.4) is 0 Å². The lowest BCUT2D eigenvalue weighted by Crippen LogP contribution is -2.49. The van der Waals surface area contributed by atoms with E-state index in [1.807, 2.05) is 0 Å². The molecule has 3 heterocycles. The maximum absolute atomic E-state index is 6.01. The molecule has 4 rings (SSSR count). The van der Waals surface area contributed by atoms with Crippen molar-refractivity contribution in [2.24, 2.45) is 10.4 Å². The molecule has 0 amide bonds. The number of aliphatic imine (C=N–C) groups is 1. The van der Waals surface area contributed by atoms with Crippen molar-refractivity contribution >= 4 is 5.96 Å². The molecule has 3 aliphatic heterocycles. The fourth-order valence-corrected chi connectivity index (χ4v) is 5.43. The van der Waals surface area contributed by atoms with Crippen LogP contribution in [0.25, 0.3) is 0 Å². The second-order valence-corrected chi connectivity index (χ2v) is 9.00. The Morgan fingerprint density at radius 3 is 2.63 bits per heavy atom. The van der Waals surface area contributed by atoms with Crippen molar-refractivity contribution in [2.75, 3.05) is 45.9 Å². The highest BCUT2D eigenvalue weighted by Gasteiger charge is 2.41. The molecule has 0 aromatic heterocycles. The van der Waals surface area contributed by atoms with Gasteiger partial charge >= 0.3 is 0 Å². The summed E-state index contributed by atoms with van der Waals surface area (Å²) in [5, 5.41) is 7.17. The third-order valence-electron chi connectivity index (χ3n) is 6.92. The highest BCUT2D eigenvalue weighted by molar-refractivity contribution is 5.80. The van der Waals surface area contributed by atoms with E-state index >= 15 is 0 Å². The van der Waals surface area contributed by atoms with Gasteiger partial charge in [0.05, 0.1) is 31.5 Å². The van der Waals surface area contributed by atoms with Gasteiger partial charge in [-0.2, -0.15) is 0 Å². The van der Waals surface area contributed by atoms with Gasteiger partial charge in [0, 0.05) is 38.1 Å².